The first-order valence-electron chi connectivity index (χ1n) is 10.7. The van der Waals surface area contributed by atoms with Crippen molar-refractivity contribution in [3.8, 4) is 5.75 Å². The summed E-state index contributed by atoms with van der Waals surface area (Å²) in [5.41, 5.74) is 2.04. The van der Waals surface area contributed by atoms with E-state index in [1.807, 2.05) is 66.7 Å². The minimum absolute atomic E-state index is 0.133. The third-order valence-electron chi connectivity index (χ3n) is 5.64. The van der Waals surface area contributed by atoms with E-state index in [9.17, 15) is 0 Å². The molecule has 1 N–H and O–H groups in total. The zero-order chi connectivity index (χ0) is 23.5. The normalized spacial score (nSPS) is 17.6. The number of hydrogen-bond donors (Lipinski definition) is 1. The van der Waals surface area contributed by atoms with Crippen LogP contribution in [0.5, 0.6) is 5.75 Å². The molecular formula is C26H22ClN3O2S2. The zero-order valence-electron chi connectivity index (χ0n) is 18.4. The molecule has 172 valence electrons. The fraction of sp³-hybridized carbons (Fsp3) is 0.154. The number of furan rings is 1. The second-order valence-corrected chi connectivity index (χ2v) is 9.72. The van der Waals surface area contributed by atoms with Gasteiger partial charge in [-0.05, 0) is 78.4 Å². The molecule has 2 aromatic carbocycles. The van der Waals surface area contributed by atoms with Crippen LogP contribution in [0.25, 0.3) is 0 Å². The van der Waals surface area contributed by atoms with E-state index >= 15 is 0 Å². The highest BCUT2D eigenvalue weighted by Gasteiger charge is 2.41. The van der Waals surface area contributed by atoms with Crippen LogP contribution in [0.15, 0.2) is 99.5 Å². The van der Waals surface area contributed by atoms with E-state index in [-0.39, 0.29) is 12.1 Å². The topological polar surface area (TPSA) is 50.5 Å². The number of rotatable bonds is 7. The molecule has 0 amide bonds. The minimum atomic E-state index is -0.149. The summed E-state index contributed by atoms with van der Waals surface area (Å²) in [7, 11) is 1.67. The number of benzene rings is 2. The summed E-state index contributed by atoms with van der Waals surface area (Å²) in [5.74, 6) is 1.65. The largest absolute Gasteiger partial charge is 0.497 e. The van der Waals surface area contributed by atoms with E-state index in [4.69, 9.17) is 33.0 Å². The molecule has 0 aliphatic carbocycles. The van der Waals surface area contributed by atoms with Gasteiger partial charge in [-0.15, -0.1) is 0 Å². The minimum Gasteiger partial charge on any atom is -0.497 e. The molecule has 34 heavy (non-hydrogen) atoms. The van der Waals surface area contributed by atoms with Gasteiger partial charge in [0, 0.05) is 22.7 Å². The molecule has 1 saturated heterocycles. The Morgan fingerprint density at radius 3 is 2.56 bits per heavy atom. The van der Waals surface area contributed by atoms with E-state index in [0.717, 1.165) is 32.8 Å². The number of pyridine rings is 1. The number of methoxy groups -OCH3 is 1. The zero-order valence-corrected chi connectivity index (χ0v) is 20.7. The maximum Gasteiger partial charge on any atom is 0.170 e. The molecule has 0 spiro atoms. The number of aromatic nitrogens is 1. The Kier molecular flexibility index (Phi) is 6.76. The second kappa shape index (κ2) is 10.1. The van der Waals surface area contributed by atoms with Crippen LogP contribution in [0.3, 0.4) is 0 Å². The van der Waals surface area contributed by atoms with Crippen molar-refractivity contribution in [1.82, 2.24) is 15.2 Å². The molecule has 1 aliphatic heterocycles. The van der Waals surface area contributed by atoms with Crippen LogP contribution in [0.2, 0.25) is 5.02 Å². The maximum atomic E-state index is 6.35. The van der Waals surface area contributed by atoms with Gasteiger partial charge in [0.2, 0.25) is 0 Å². The first-order valence-corrected chi connectivity index (χ1v) is 12.3. The van der Waals surface area contributed by atoms with Gasteiger partial charge in [0.05, 0.1) is 18.8 Å². The maximum absolute atomic E-state index is 6.35. The Bertz CT molecular complexity index is 1260. The summed E-state index contributed by atoms with van der Waals surface area (Å²) in [6.45, 7) is 0.629. The van der Waals surface area contributed by atoms with Gasteiger partial charge >= 0.3 is 0 Å². The van der Waals surface area contributed by atoms with Gasteiger partial charge in [0.15, 0.2) is 10.2 Å². The van der Waals surface area contributed by atoms with Gasteiger partial charge in [-0.25, -0.2) is 0 Å². The lowest BCUT2D eigenvalue weighted by molar-refractivity contribution is 0.254. The van der Waals surface area contributed by atoms with Crippen molar-refractivity contribution in [3.05, 3.63) is 107 Å². The van der Waals surface area contributed by atoms with E-state index in [2.05, 4.69) is 27.3 Å². The van der Waals surface area contributed by atoms with Crippen LogP contribution < -0.4 is 10.1 Å². The standard InChI is InChI=1S/C26H22ClN3O2S2/c1-31-19-9-5-17(6-10-19)16-30-25(24(29-26(30)33)21-4-2-3-15-28-21)22-13-14-23(32-22)34-20-11-7-18(27)8-12-20/h2-15,24-25H,16H2,1H3,(H,29,33). The Morgan fingerprint density at radius 2 is 1.85 bits per heavy atom. The van der Waals surface area contributed by atoms with E-state index in [0.29, 0.717) is 16.7 Å². The molecular weight excluding hydrogens is 486 g/mol. The molecule has 1 aliphatic rings. The van der Waals surface area contributed by atoms with Gasteiger partial charge in [0.25, 0.3) is 0 Å². The molecule has 8 heteroatoms. The number of nitrogens with zero attached hydrogens (tertiary/aromatic N) is 2. The summed E-state index contributed by atoms with van der Waals surface area (Å²) >= 11 is 13.3. The lowest BCUT2D eigenvalue weighted by Crippen LogP contribution is -2.29. The second-order valence-electron chi connectivity index (χ2n) is 7.82. The number of ether oxygens (including phenoxy) is 1. The van der Waals surface area contributed by atoms with Crippen molar-refractivity contribution in [2.75, 3.05) is 7.11 Å². The monoisotopic (exact) mass is 507 g/mol. The van der Waals surface area contributed by atoms with E-state index in [1.54, 1.807) is 25.1 Å². The molecule has 5 nitrogen and oxygen atoms in total. The van der Waals surface area contributed by atoms with E-state index in [1.165, 1.54) is 0 Å². The van der Waals surface area contributed by atoms with Crippen molar-refractivity contribution < 1.29 is 9.15 Å². The Labute approximate surface area is 213 Å². The Balaban J connectivity index is 1.45. The molecule has 0 bridgehead atoms. The molecule has 0 saturated carbocycles. The predicted octanol–water partition coefficient (Wildman–Crippen LogP) is 6.66. The van der Waals surface area contributed by atoms with Gasteiger partial charge in [-0.2, -0.15) is 0 Å². The van der Waals surface area contributed by atoms with Crippen molar-refractivity contribution in [3.63, 3.8) is 0 Å². The first-order chi connectivity index (χ1) is 16.6. The molecule has 1 fully saturated rings. The third kappa shape index (κ3) is 4.92. The van der Waals surface area contributed by atoms with E-state index < -0.39 is 0 Å². The average molecular weight is 508 g/mol. The highest BCUT2D eigenvalue weighted by atomic mass is 35.5. The van der Waals surface area contributed by atoms with Crippen LogP contribution >= 0.6 is 35.6 Å². The molecule has 2 aromatic heterocycles. The summed E-state index contributed by atoms with van der Waals surface area (Å²) < 4.78 is 11.6. The van der Waals surface area contributed by atoms with Gasteiger partial charge in [-0.3, -0.25) is 4.98 Å². The Morgan fingerprint density at radius 1 is 1.06 bits per heavy atom. The Hall–Kier alpha value is -3.00. The molecule has 5 rings (SSSR count). The van der Waals surface area contributed by atoms with Gasteiger partial charge < -0.3 is 19.4 Å². The fourth-order valence-corrected chi connectivity index (χ4v) is 5.19. The SMILES string of the molecule is COc1ccc(CN2C(=S)NC(c3ccccn3)C2c2ccc(Sc3ccc(Cl)cc3)o2)cc1. The van der Waals surface area contributed by atoms with Crippen molar-refractivity contribution >= 4 is 40.7 Å². The molecule has 2 unspecified atom stereocenters. The van der Waals surface area contributed by atoms with Crippen LogP contribution in [-0.2, 0) is 6.54 Å². The lowest BCUT2D eigenvalue weighted by atomic mass is 10.0. The molecule has 4 aromatic rings. The molecule has 3 heterocycles. The summed E-state index contributed by atoms with van der Waals surface area (Å²) in [6, 6.07) is 25.4. The predicted molar refractivity (Wildman–Crippen MR) is 138 cm³/mol. The lowest BCUT2D eigenvalue weighted by Gasteiger charge is -2.26. The molecule has 2 atom stereocenters. The first kappa shape index (κ1) is 22.8. The number of hydrogen-bond acceptors (Lipinski definition) is 5. The van der Waals surface area contributed by atoms with Crippen LogP contribution in [0.1, 0.15) is 29.1 Å². The number of nitrogens with one attached hydrogen (secondary N) is 1. The van der Waals surface area contributed by atoms with Crippen molar-refractivity contribution in [1.29, 1.82) is 0 Å². The highest BCUT2D eigenvalue weighted by molar-refractivity contribution is 7.99. The van der Waals surface area contributed by atoms with Gasteiger partial charge in [0.1, 0.15) is 17.6 Å². The fourth-order valence-electron chi connectivity index (χ4n) is 3.98. The average Bonchev–Trinajstić information content (AvgIpc) is 3.45. The summed E-state index contributed by atoms with van der Waals surface area (Å²) in [6.07, 6.45) is 1.80. The highest BCUT2D eigenvalue weighted by Crippen LogP contribution is 2.42. The smallest absolute Gasteiger partial charge is 0.170 e. The van der Waals surface area contributed by atoms with Crippen LogP contribution in [-0.4, -0.2) is 22.1 Å². The quantitative estimate of drug-likeness (QED) is 0.281. The third-order valence-corrected chi connectivity index (χ3v) is 7.17. The summed E-state index contributed by atoms with van der Waals surface area (Å²) in [4.78, 5) is 7.81. The summed E-state index contributed by atoms with van der Waals surface area (Å²) in [5, 5.41) is 5.65. The number of thiocarbonyl (C=S) groups is 1. The van der Waals surface area contributed by atoms with Crippen LogP contribution in [0, 0.1) is 0 Å². The van der Waals surface area contributed by atoms with Crippen molar-refractivity contribution in [2.24, 2.45) is 0 Å². The van der Waals surface area contributed by atoms with Crippen molar-refractivity contribution in [2.45, 2.75) is 28.6 Å². The van der Waals surface area contributed by atoms with Crippen LogP contribution in [0.4, 0.5) is 0 Å². The number of halogens is 1. The van der Waals surface area contributed by atoms with Gasteiger partial charge in [-0.1, -0.05) is 41.6 Å². The molecule has 0 radical (unpaired) electrons.